The molecule has 9 nitrogen and oxygen atoms in total. The number of halogens is 3. The predicted molar refractivity (Wildman–Crippen MR) is 84.9 cm³/mol. The molecule has 1 amide bonds. The van der Waals surface area contributed by atoms with Gasteiger partial charge in [-0.3, -0.25) is 10.2 Å². The molecule has 0 aliphatic heterocycles. The molecular weight excluding hydrogens is 371 g/mol. The Labute approximate surface area is 151 Å². The first kappa shape index (κ1) is 20.0. The highest BCUT2D eigenvalue weighted by Crippen LogP contribution is 2.30. The number of alkyl halides is 3. The van der Waals surface area contributed by atoms with E-state index in [4.69, 9.17) is 4.74 Å². The average molecular weight is 387 g/mol. The van der Waals surface area contributed by atoms with Crippen molar-refractivity contribution >= 4 is 11.9 Å². The van der Waals surface area contributed by atoms with Crippen molar-refractivity contribution in [2.24, 2.45) is 0 Å². The average Bonchev–Trinajstić information content (AvgIpc) is 3.12. The molecule has 27 heavy (non-hydrogen) atoms. The molecule has 2 rings (SSSR count). The Balaban J connectivity index is 2.24. The summed E-state index contributed by atoms with van der Waals surface area (Å²) in [6.45, 7) is 0.236. The number of amides is 1. The molecule has 0 saturated carbocycles. The quantitative estimate of drug-likeness (QED) is 0.511. The fourth-order valence-corrected chi connectivity index (χ4v) is 1.98. The van der Waals surface area contributed by atoms with Gasteiger partial charge in [0.25, 0.3) is 5.91 Å². The Bertz CT molecular complexity index is 755. The van der Waals surface area contributed by atoms with E-state index in [1.807, 2.05) is 5.43 Å². The lowest BCUT2D eigenvalue weighted by Gasteiger charge is -2.34. The van der Waals surface area contributed by atoms with Crippen LogP contribution in [0.1, 0.15) is 6.92 Å². The Morgan fingerprint density at radius 2 is 1.78 bits per heavy atom. The highest BCUT2D eigenvalue weighted by atomic mass is 19.4. The van der Waals surface area contributed by atoms with Gasteiger partial charge in [0, 0.05) is 0 Å². The summed E-state index contributed by atoms with van der Waals surface area (Å²) >= 11 is 0. The van der Waals surface area contributed by atoms with Crippen molar-refractivity contribution < 1.29 is 32.2 Å². The zero-order chi connectivity index (χ0) is 19.9. The lowest BCUT2D eigenvalue weighted by atomic mass is 10.1. The minimum Gasteiger partial charge on any atom is -0.484 e. The van der Waals surface area contributed by atoms with Gasteiger partial charge >= 0.3 is 17.8 Å². The molecule has 1 aromatic carbocycles. The second kappa shape index (κ2) is 8.38. The van der Waals surface area contributed by atoms with Crippen LogP contribution in [0.3, 0.4) is 0 Å². The summed E-state index contributed by atoms with van der Waals surface area (Å²) in [4.78, 5) is 24.2. The van der Waals surface area contributed by atoms with Gasteiger partial charge in [-0.2, -0.15) is 13.2 Å². The molecule has 0 spiro atoms. The van der Waals surface area contributed by atoms with Gasteiger partial charge in [0.1, 0.15) is 18.4 Å². The Morgan fingerprint density at radius 3 is 2.33 bits per heavy atom. The van der Waals surface area contributed by atoms with Crippen LogP contribution in [0.25, 0.3) is 0 Å². The molecule has 1 heterocycles. The lowest BCUT2D eigenvalue weighted by Crippen LogP contribution is -2.71. The maximum Gasteiger partial charge on any atom is 0.443 e. The van der Waals surface area contributed by atoms with Crippen LogP contribution in [0, 0.1) is 0 Å². The van der Waals surface area contributed by atoms with Crippen LogP contribution in [0.4, 0.5) is 13.2 Å². The predicted octanol–water partition coefficient (Wildman–Crippen LogP) is 0.838. The molecule has 2 N–H and O–H groups in total. The summed E-state index contributed by atoms with van der Waals surface area (Å²) < 4.78 is 51.7. The third-order valence-electron chi connectivity index (χ3n) is 3.16. The summed E-state index contributed by atoms with van der Waals surface area (Å²) in [5.74, 6) is -2.68. The second-order valence-corrected chi connectivity index (χ2v) is 5.10. The molecule has 2 aromatic rings. The first-order valence-electron chi connectivity index (χ1n) is 7.64. The number of benzene rings is 1. The monoisotopic (exact) mass is 387 g/mol. The molecule has 0 unspecified atom stereocenters. The number of rotatable bonds is 8. The number of hydrogen-bond acceptors (Lipinski definition) is 7. The van der Waals surface area contributed by atoms with E-state index in [1.165, 1.54) is 19.1 Å². The van der Waals surface area contributed by atoms with E-state index in [2.05, 4.69) is 14.9 Å². The van der Waals surface area contributed by atoms with Crippen LogP contribution < -0.4 is 15.5 Å². The molecule has 1 atom stereocenters. The smallest absolute Gasteiger partial charge is 0.443 e. The molecule has 0 aliphatic rings. The summed E-state index contributed by atoms with van der Waals surface area (Å²) in [5.41, 5.74) is -1.74. The largest absolute Gasteiger partial charge is 0.484 e. The first-order valence-corrected chi connectivity index (χ1v) is 7.64. The van der Waals surface area contributed by atoms with Gasteiger partial charge in [0.05, 0.1) is 6.61 Å². The molecule has 146 valence electrons. The van der Waals surface area contributed by atoms with Crippen LogP contribution in [0.2, 0.25) is 0 Å². The van der Waals surface area contributed by atoms with E-state index < -0.39 is 30.3 Å². The van der Waals surface area contributed by atoms with Crippen molar-refractivity contribution in [1.29, 1.82) is 0 Å². The Kier molecular flexibility index (Phi) is 6.21. The van der Waals surface area contributed by atoms with E-state index >= 15 is 0 Å². The molecule has 0 radical (unpaired) electrons. The van der Waals surface area contributed by atoms with Gasteiger partial charge in [0.2, 0.25) is 0 Å². The van der Waals surface area contributed by atoms with Crippen LogP contribution in [-0.4, -0.2) is 51.8 Å². The van der Waals surface area contributed by atoms with Gasteiger partial charge in [0.15, 0.2) is 6.61 Å². The van der Waals surface area contributed by atoms with Crippen molar-refractivity contribution in [3.63, 3.8) is 0 Å². The molecule has 0 fully saturated rings. The summed E-state index contributed by atoms with van der Waals surface area (Å²) in [6.07, 6.45) is -3.50. The summed E-state index contributed by atoms with van der Waals surface area (Å²) in [6, 6.07) is 7.99. The minimum absolute atomic E-state index is 0.271. The van der Waals surface area contributed by atoms with Crippen LogP contribution in [-0.2, 0) is 14.3 Å². The fourth-order valence-electron chi connectivity index (χ4n) is 1.98. The molecule has 0 bridgehead atoms. The normalized spacial score (nSPS) is 13.3. The maximum absolute atomic E-state index is 13.8. The third-order valence-corrected chi connectivity index (χ3v) is 3.16. The van der Waals surface area contributed by atoms with Crippen molar-refractivity contribution in [3.8, 4) is 5.75 Å². The number of carbonyl (C=O) groups is 2. The zero-order valence-corrected chi connectivity index (χ0v) is 14.1. The zero-order valence-electron chi connectivity index (χ0n) is 14.1. The number of nitrogens with zero attached hydrogens (tertiary/aromatic N) is 3. The SMILES string of the molecule is CCOC(=O)[C@](NC(=O)COc1ccccc1)(Nn1cnnc1)C(F)(F)F. The maximum atomic E-state index is 13.8. The Hall–Kier alpha value is -3.31. The lowest BCUT2D eigenvalue weighted by molar-refractivity contribution is -0.210. The molecule has 12 heteroatoms. The number of carbonyl (C=O) groups excluding carboxylic acids is 2. The molecular formula is C15H16F3N5O4. The van der Waals surface area contributed by atoms with Gasteiger partial charge in [-0.05, 0) is 19.1 Å². The molecule has 0 aliphatic carbocycles. The van der Waals surface area contributed by atoms with Crippen LogP contribution >= 0.6 is 0 Å². The van der Waals surface area contributed by atoms with E-state index in [0.717, 1.165) is 12.7 Å². The number of nitrogens with one attached hydrogen (secondary N) is 2. The van der Waals surface area contributed by atoms with E-state index in [-0.39, 0.29) is 12.4 Å². The topological polar surface area (TPSA) is 107 Å². The number of ether oxygens (including phenoxy) is 2. The highest BCUT2D eigenvalue weighted by Gasteiger charge is 2.64. The van der Waals surface area contributed by atoms with Gasteiger partial charge in [-0.25, -0.2) is 9.47 Å². The van der Waals surface area contributed by atoms with Gasteiger partial charge in [-0.1, -0.05) is 18.2 Å². The van der Waals surface area contributed by atoms with Crippen LogP contribution in [0.15, 0.2) is 43.0 Å². The van der Waals surface area contributed by atoms with Crippen molar-refractivity contribution in [2.45, 2.75) is 18.8 Å². The second-order valence-electron chi connectivity index (χ2n) is 5.10. The summed E-state index contributed by atoms with van der Waals surface area (Å²) in [5, 5.41) is 8.30. The van der Waals surface area contributed by atoms with E-state index in [1.54, 1.807) is 23.5 Å². The van der Waals surface area contributed by atoms with E-state index in [0.29, 0.717) is 4.68 Å². The standard InChI is InChI=1S/C15H16F3N5O4/c1-2-26-13(25)14(15(16,17)18,22-23-9-19-20-10-23)21-12(24)8-27-11-6-4-3-5-7-11/h3-7,9-10,22H,2,8H2,1H3,(H,21,24)/t14-/m0/s1. The van der Waals surface area contributed by atoms with E-state index in [9.17, 15) is 22.8 Å². The first-order chi connectivity index (χ1) is 12.8. The minimum atomic E-state index is -5.26. The third kappa shape index (κ3) is 4.86. The van der Waals surface area contributed by atoms with Crippen LogP contribution in [0.5, 0.6) is 5.75 Å². The molecule has 1 aromatic heterocycles. The number of aromatic nitrogens is 3. The van der Waals surface area contributed by atoms with Crippen molar-refractivity contribution in [3.05, 3.63) is 43.0 Å². The van der Waals surface area contributed by atoms with Crippen molar-refractivity contribution in [1.82, 2.24) is 20.2 Å². The van der Waals surface area contributed by atoms with Gasteiger partial charge < -0.3 is 14.8 Å². The van der Waals surface area contributed by atoms with Gasteiger partial charge in [-0.15, -0.1) is 10.2 Å². The highest BCUT2D eigenvalue weighted by molar-refractivity contribution is 5.90. The Morgan fingerprint density at radius 1 is 1.15 bits per heavy atom. The number of para-hydroxylation sites is 1. The molecule has 0 saturated heterocycles. The summed E-state index contributed by atoms with van der Waals surface area (Å²) in [7, 11) is 0. The van der Waals surface area contributed by atoms with Crippen molar-refractivity contribution in [2.75, 3.05) is 18.6 Å². The number of esters is 1. The fraction of sp³-hybridized carbons (Fsp3) is 0.333. The number of hydrogen-bond donors (Lipinski definition) is 2.